The van der Waals surface area contributed by atoms with Crippen LogP contribution in [0.1, 0.15) is 52.9 Å². The fourth-order valence-corrected chi connectivity index (χ4v) is 2.28. The van der Waals surface area contributed by atoms with Gasteiger partial charge in [-0.2, -0.15) is 0 Å². The minimum atomic E-state index is -0.434. The summed E-state index contributed by atoms with van der Waals surface area (Å²) in [5.41, 5.74) is -0.315. The van der Waals surface area contributed by atoms with E-state index in [9.17, 15) is 15.0 Å². The third-order valence-electron chi connectivity index (χ3n) is 3.53. The molecule has 1 fully saturated rings. The zero-order chi connectivity index (χ0) is 12.3. The summed E-state index contributed by atoms with van der Waals surface area (Å²) in [4.78, 5) is 11.8. The van der Waals surface area contributed by atoms with Gasteiger partial charge in [-0.15, -0.1) is 0 Å². The Morgan fingerprint density at radius 1 is 1.19 bits per heavy atom. The molecular weight excluding hydrogens is 204 g/mol. The lowest BCUT2D eigenvalue weighted by atomic mass is 9.79. The Morgan fingerprint density at radius 3 is 2.12 bits per heavy atom. The Labute approximate surface area is 97.9 Å². The summed E-state index contributed by atoms with van der Waals surface area (Å²) in [7, 11) is 0. The van der Waals surface area contributed by atoms with Crippen molar-refractivity contribution in [2.75, 3.05) is 0 Å². The number of hydrogen-bond donors (Lipinski definition) is 2. The molecule has 1 aliphatic rings. The average Bonchev–Trinajstić information content (AvgIpc) is 2.15. The van der Waals surface area contributed by atoms with E-state index in [4.69, 9.17) is 0 Å². The van der Waals surface area contributed by atoms with Crippen LogP contribution in [-0.2, 0) is 4.79 Å². The highest BCUT2D eigenvalue weighted by atomic mass is 16.3. The van der Waals surface area contributed by atoms with Crippen LogP contribution in [0.25, 0.3) is 0 Å². The maximum absolute atomic E-state index is 11.8. The zero-order valence-corrected chi connectivity index (χ0v) is 10.6. The molecule has 0 amide bonds. The molecule has 0 spiro atoms. The van der Waals surface area contributed by atoms with Gasteiger partial charge in [0.2, 0.25) is 0 Å². The van der Waals surface area contributed by atoms with Crippen molar-refractivity contribution >= 4 is 5.78 Å². The van der Waals surface area contributed by atoms with Crippen molar-refractivity contribution in [3.8, 4) is 0 Å². The minimum absolute atomic E-state index is 0.111. The number of aliphatic hydroxyl groups is 2. The van der Waals surface area contributed by atoms with Crippen LogP contribution in [-0.4, -0.2) is 28.2 Å². The van der Waals surface area contributed by atoms with Crippen LogP contribution in [0.3, 0.4) is 0 Å². The summed E-state index contributed by atoms with van der Waals surface area (Å²) < 4.78 is 0. The number of hydrogen-bond acceptors (Lipinski definition) is 3. The molecule has 2 unspecified atom stereocenters. The second-order valence-electron chi connectivity index (χ2n) is 5.94. The van der Waals surface area contributed by atoms with Gasteiger partial charge in [0.25, 0.3) is 0 Å². The third kappa shape index (κ3) is 3.56. The summed E-state index contributed by atoms with van der Waals surface area (Å²) in [6.45, 7) is 5.72. The van der Waals surface area contributed by atoms with Crippen molar-refractivity contribution in [1.82, 2.24) is 0 Å². The van der Waals surface area contributed by atoms with E-state index in [0.29, 0.717) is 12.8 Å². The molecule has 3 heteroatoms. The van der Waals surface area contributed by atoms with E-state index in [1.807, 2.05) is 20.8 Å². The highest BCUT2D eigenvalue weighted by Gasteiger charge is 2.32. The van der Waals surface area contributed by atoms with E-state index in [2.05, 4.69) is 0 Å². The van der Waals surface area contributed by atoms with Crippen LogP contribution in [0.4, 0.5) is 0 Å². The first-order valence-electron chi connectivity index (χ1n) is 6.22. The highest BCUT2D eigenvalue weighted by Crippen LogP contribution is 2.30. The van der Waals surface area contributed by atoms with Crippen LogP contribution in [0.15, 0.2) is 0 Å². The van der Waals surface area contributed by atoms with Gasteiger partial charge in [0.1, 0.15) is 5.78 Å². The summed E-state index contributed by atoms with van der Waals surface area (Å²) in [6.07, 6.45) is 2.59. The molecule has 1 saturated carbocycles. The van der Waals surface area contributed by atoms with Gasteiger partial charge in [-0.25, -0.2) is 0 Å². The Hall–Kier alpha value is -0.410. The summed E-state index contributed by atoms with van der Waals surface area (Å²) >= 11 is 0. The van der Waals surface area contributed by atoms with Gasteiger partial charge in [-0.3, -0.25) is 4.79 Å². The zero-order valence-electron chi connectivity index (χ0n) is 10.6. The van der Waals surface area contributed by atoms with Crippen molar-refractivity contribution in [2.24, 2.45) is 11.3 Å². The second-order valence-corrected chi connectivity index (χ2v) is 5.94. The molecule has 0 bridgehead atoms. The normalized spacial score (nSPS) is 31.4. The van der Waals surface area contributed by atoms with E-state index in [-0.39, 0.29) is 17.1 Å². The molecule has 2 atom stereocenters. The van der Waals surface area contributed by atoms with Gasteiger partial charge in [0.05, 0.1) is 12.2 Å². The fraction of sp³-hybridized carbons (Fsp3) is 0.923. The van der Waals surface area contributed by atoms with E-state index in [0.717, 1.165) is 19.3 Å². The van der Waals surface area contributed by atoms with Gasteiger partial charge in [-0.05, 0) is 25.7 Å². The predicted molar refractivity (Wildman–Crippen MR) is 63.1 cm³/mol. The summed E-state index contributed by atoms with van der Waals surface area (Å²) in [5, 5.41) is 19.6. The SMILES string of the molecule is CC(C)(C)C(=O)CCC1C(O)CCCC1O. The first-order valence-corrected chi connectivity index (χ1v) is 6.22. The topological polar surface area (TPSA) is 57.5 Å². The molecule has 0 aromatic heterocycles. The van der Waals surface area contributed by atoms with Gasteiger partial charge in [0, 0.05) is 17.8 Å². The molecule has 3 nitrogen and oxygen atoms in total. The van der Waals surface area contributed by atoms with Gasteiger partial charge in [0.15, 0.2) is 0 Å². The predicted octanol–water partition coefficient (Wildman–Crippen LogP) is 1.90. The molecule has 94 valence electrons. The molecule has 0 aromatic carbocycles. The Morgan fingerprint density at radius 2 is 1.69 bits per heavy atom. The monoisotopic (exact) mass is 228 g/mol. The van der Waals surface area contributed by atoms with Crippen LogP contribution in [0.5, 0.6) is 0 Å². The molecule has 16 heavy (non-hydrogen) atoms. The Balaban J connectivity index is 2.44. The number of carbonyl (C=O) groups is 1. The lowest BCUT2D eigenvalue weighted by Gasteiger charge is -2.32. The van der Waals surface area contributed by atoms with Crippen LogP contribution in [0.2, 0.25) is 0 Å². The highest BCUT2D eigenvalue weighted by molar-refractivity contribution is 5.83. The summed E-state index contributed by atoms with van der Waals surface area (Å²) in [6, 6.07) is 0. The molecular formula is C13H24O3. The number of carbonyl (C=O) groups excluding carboxylic acids is 1. The maximum atomic E-state index is 11.8. The Bertz CT molecular complexity index is 232. The number of Topliss-reactive ketones (excluding diaryl/α,β-unsaturated/α-hetero) is 1. The molecule has 0 heterocycles. The third-order valence-corrected chi connectivity index (χ3v) is 3.53. The van der Waals surface area contributed by atoms with Gasteiger partial charge in [-0.1, -0.05) is 20.8 Å². The maximum Gasteiger partial charge on any atom is 0.138 e. The molecule has 1 aliphatic carbocycles. The fourth-order valence-electron chi connectivity index (χ4n) is 2.28. The van der Waals surface area contributed by atoms with Gasteiger partial charge >= 0.3 is 0 Å². The van der Waals surface area contributed by atoms with Crippen LogP contribution in [0, 0.1) is 11.3 Å². The largest absolute Gasteiger partial charge is 0.393 e. The van der Waals surface area contributed by atoms with Crippen molar-refractivity contribution in [3.63, 3.8) is 0 Å². The lowest BCUT2D eigenvalue weighted by molar-refractivity contribution is -0.127. The van der Waals surface area contributed by atoms with Crippen LogP contribution >= 0.6 is 0 Å². The average molecular weight is 228 g/mol. The van der Waals surface area contributed by atoms with E-state index in [1.54, 1.807) is 0 Å². The molecule has 0 saturated heterocycles. The molecule has 0 aromatic rings. The molecule has 0 aliphatic heterocycles. The first-order chi connectivity index (χ1) is 7.32. The molecule has 0 radical (unpaired) electrons. The van der Waals surface area contributed by atoms with Crippen LogP contribution < -0.4 is 0 Å². The van der Waals surface area contributed by atoms with Crippen molar-refractivity contribution in [1.29, 1.82) is 0 Å². The minimum Gasteiger partial charge on any atom is -0.393 e. The van der Waals surface area contributed by atoms with Crippen molar-refractivity contribution < 1.29 is 15.0 Å². The molecule has 1 rings (SSSR count). The Kier molecular flexibility index (Phi) is 4.51. The van der Waals surface area contributed by atoms with E-state index in [1.165, 1.54) is 0 Å². The summed E-state index contributed by atoms with van der Waals surface area (Å²) in [5.74, 6) is 0.0949. The van der Waals surface area contributed by atoms with E-state index >= 15 is 0 Å². The number of aliphatic hydroxyl groups excluding tert-OH is 2. The smallest absolute Gasteiger partial charge is 0.138 e. The molecule has 2 N–H and O–H groups in total. The standard InChI is InChI=1S/C13H24O3/c1-13(2,3)12(16)8-7-9-10(14)5-4-6-11(9)15/h9-11,14-15H,4-8H2,1-3H3. The number of rotatable bonds is 3. The van der Waals surface area contributed by atoms with Gasteiger partial charge < -0.3 is 10.2 Å². The first kappa shape index (κ1) is 13.7. The number of ketones is 1. The van der Waals surface area contributed by atoms with Crippen molar-refractivity contribution in [3.05, 3.63) is 0 Å². The quantitative estimate of drug-likeness (QED) is 0.775. The lowest BCUT2D eigenvalue weighted by Crippen LogP contribution is -2.36. The van der Waals surface area contributed by atoms with E-state index < -0.39 is 12.2 Å². The van der Waals surface area contributed by atoms with Crippen molar-refractivity contribution in [2.45, 2.75) is 65.1 Å². The second kappa shape index (κ2) is 5.28.